The molecule has 18 heavy (non-hydrogen) atoms. The van der Waals surface area contributed by atoms with E-state index in [9.17, 15) is 4.79 Å². The molecule has 6 heteroatoms. The van der Waals surface area contributed by atoms with Crippen LogP contribution in [-0.2, 0) is 4.79 Å². The summed E-state index contributed by atoms with van der Waals surface area (Å²) in [5, 5.41) is 2.80. The number of amides is 1. The van der Waals surface area contributed by atoms with Crippen molar-refractivity contribution in [2.75, 3.05) is 11.9 Å². The predicted molar refractivity (Wildman–Crippen MR) is 70.3 cm³/mol. The first kappa shape index (κ1) is 11.9. The highest BCUT2D eigenvalue weighted by Crippen LogP contribution is 2.46. The summed E-state index contributed by atoms with van der Waals surface area (Å²) in [6.45, 7) is 0.477. The van der Waals surface area contributed by atoms with E-state index in [0.717, 1.165) is 19.3 Å². The average molecular weight is 312 g/mol. The van der Waals surface area contributed by atoms with Crippen LogP contribution in [0.15, 0.2) is 16.7 Å². The normalized spacial score (nSPS) is 24.6. The highest BCUT2D eigenvalue weighted by atomic mass is 79.9. The molecule has 3 N–H and O–H groups in total. The van der Waals surface area contributed by atoms with Gasteiger partial charge in [0.15, 0.2) is 17.7 Å². The first-order valence-electron chi connectivity index (χ1n) is 5.99. The Morgan fingerprint density at radius 2 is 2.33 bits per heavy atom. The summed E-state index contributed by atoms with van der Waals surface area (Å²) in [7, 11) is 0. The van der Waals surface area contributed by atoms with Gasteiger partial charge in [0, 0.05) is 12.0 Å². The van der Waals surface area contributed by atoms with Crippen molar-refractivity contribution >= 4 is 27.7 Å². The Morgan fingerprint density at radius 3 is 2.94 bits per heavy atom. The summed E-state index contributed by atoms with van der Waals surface area (Å²) in [6, 6.07) is 3.60. The van der Waals surface area contributed by atoms with Crippen LogP contribution in [0.3, 0.4) is 0 Å². The summed E-state index contributed by atoms with van der Waals surface area (Å²) in [4.78, 5) is 16.3. The largest absolute Gasteiger partial charge is 0.476 e. The number of aromatic nitrogens is 1. The van der Waals surface area contributed by atoms with Gasteiger partial charge in [-0.05, 0) is 40.9 Å². The summed E-state index contributed by atoms with van der Waals surface area (Å²) >= 11 is 3.27. The quantitative estimate of drug-likeness (QED) is 0.815. The minimum absolute atomic E-state index is 0.141. The molecule has 1 aromatic rings. The number of nitrogens with one attached hydrogen (secondary N) is 1. The lowest BCUT2D eigenvalue weighted by atomic mass is 9.64. The van der Waals surface area contributed by atoms with E-state index < -0.39 is 6.10 Å². The predicted octanol–water partition coefficient (Wildman–Crippen LogP) is 1.67. The maximum Gasteiger partial charge on any atom is 0.267 e. The Balaban J connectivity index is 1.92. The molecule has 2 aliphatic rings. The molecular formula is C12H14BrN3O2. The molecule has 1 aliphatic heterocycles. The van der Waals surface area contributed by atoms with Crippen LogP contribution in [-0.4, -0.2) is 23.5 Å². The topological polar surface area (TPSA) is 77.2 Å². The maximum atomic E-state index is 12.1. The molecule has 2 heterocycles. The molecule has 0 radical (unpaired) electrons. The number of fused-ring (bicyclic) bond motifs is 1. The molecule has 0 aromatic carbocycles. The third-order valence-corrected chi connectivity index (χ3v) is 4.30. The third kappa shape index (κ3) is 1.71. The second-order valence-corrected chi connectivity index (χ2v) is 5.70. The molecule has 0 spiro atoms. The van der Waals surface area contributed by atoms with Crippen molar-refractivity contribution in [2.45, 2.75) is 25.4 Å². The van der Waals surface area contributed by atoms with E-state index in [-0.39, 0.29) is 11.3 Å². The Hall–Kier alpha value is -1.14. The van der Waals surface area contributed by atoms with Gasteiger partial charge < -0.3 is 15.8 Å². The van der Waals surface area contributed by atoms with Gasteiger partial charge in [-0.2, -0.15) is 0 Å². The Bertz CT molecular complexity index is 497. The minimum atomic E-state index is -0.494. The van der Waals surface area contributed by atoms with Gasteiger partial charge in [-0.3, -0.25) is 4.79 Å². The van der Waals surface area contributed by atoms with Gasteiger partial charge in [0.2, 0.25) is 0 Å². The SMILES string of the molecule is NCC1(C2Oc3ccc(Br)nc3NC2=O)CCC1. The van der Waals surface area contributed by atoms with Crippen LogP contribution in [0.25, 0.3) is 0 Å². The van der Waals surface area contributed by atoms with E-state index in [1.54, 1.807) is 6.07 Å². The molecule has 1 amide bonds. The molecule has 5 nitrogen and oxygen atoms in total. The number of hydrogen-bond acceptors (Lipinski definition) is 4. The van der Waals surface area contributed by atoms with Crippen molar-refractivity contribution in [2.24, 2.45) is 11.1 Å². The highest BCUT2D eigenvalue weighted by molar-refractivity contribution is 9.10. The van der Waals surface area contributed by atoms with Gasteiger partial charge in [0.05, 0.1) is 0 Å². The van der Waals surface area contributed by atoms with Gasteiger partial charge in [-0.25, -0.2) is 4.98 Å². The number of ether oxygens (including phenoxy) is 1. The molecule has 1 saturated carbocycles. The Morgan fingerprint density at radius 1 is 1.56 bits per heavy atom. The molecule has 3 rings (SSSR count). The van der Waals surface area contributed by atoms with E-state index in [1.807, 2.05) is 6.07 Å². The van der Waals surface area contributed by atoms with Crippen LogP contribution >= 0.6 is 15.9 Å². The second kappa shape index (κ2) is 4.20. The maximum absolute atomic E-state index is 12.1. The fourth-order valence-electron chi connectivity index (χ4n) is 2.58. The van der Waals surface area contributed by atoms with Crippen LogP contribution in [0.2, 0.25) is 0 Å². The van der Waals surface area contributed by atoms with Crippen molar-refractivity contribution in [3.63, 3.8) is 0 Å². The number of rotatable bonds is 2. The number of nitrogens with zero attached hydrogens (tertiary/aromatic N) is 1. The monoisotopic (exact) mass is 311 g/mol. The molecule has 1 unspecified atom stereocenters. The zero-order valence-electron chi connectivity index (χ0n) is 9.78. The van der Waals surface area contributed by atoms with Gasteiger partial charge in [-0.15, -0.1) is 0 Å². The van der Waals surface area contributed by atoms with Crippen LogP contribution in [0.1, 0.15) is 19.3 Å². The van der Waals surface area contributed by atoms with Crippen LogP contribution in [0, 0.1) is 5.41 Å². The first-order chi connectivity index (χ1) is 8.64. The third-order valence-electron chi connectivity index (χ3n) is 3.86. The van der Waals surface area contributed by atoms with E-state index in [4.69, 9.17) is 10.5 Å². The summed E-state index contributed by atoms with van der Waals surface area (Å²) in [6.07, 6.45) is 2.50. The highest BCUT2D eigenvalue weighted by Gasteiger charge is 2.50. The second-order valence-electron chi connectivity index (χ2n) is 4.89. The van der Waals surface area contributed by atoms with E-state index in [2.05, 4.69) is 26.2 Å². The molecule has 96 valence electrons. The number of hydrogen-bond donors (Lipinski definition) is 2. The van der Waals surface area contributed by atoms with Crippen LogP contribution < -0.4 is 15.8 Å². The number of anilines is 1. The molecule has 0 saturated heterocycles. The summed E-state index contributed by atoms with van der Waals surface area (Å²) in [5.41, 5.74) is 5.62. The average Bonchev–Trinajstić information content (AvgIpc) is 2.29. The lowest BCUT2D eigenvalue weighted by Gasteiger charge is -2.46. The van der Waals surface area contributed by atoms with Crippen LogP contribution in [0.4, 0.5) is 5.82 Å². The Labute approximate surface area is 113 Å². The number of nitrogens with two attached hydrogens (primary N) is 1. The number of carbonyl (C=O) groups excluding carboxylic acids is 1. The summed E-state index contributed by atoms with van der Waals surface area (Å²) < 4.78 is 6.49. The fourth-order valence-corrected chi connectivity index (χ4v) is 2.89. The molecule has 1 aromatic heterocycles. The lowest BCUT2D eigenvalue weighted by molar-refractivity contribution is -0.133. The molecule has 1 atom stereocenters. The zero-order valence-corrected chi connectivity index (χ0v) is 11.4. The van der Waals surface area contributed by atoms with Crippen molar-refractivity contribution in [1.82, 2.24) is 4.98 Å². The smallest absolute Gasteiger partial charge is 0.267 e. The van der Waals surface area contributed by atoms with E-state index >= 15 is 0 Å². The number of pyridine rings is 1. The van der Waals surface area contributed by atoms with Gasteiger partial charge >= 0.3 is 0 Å². The minimum Gasteiger partial charge on any atom is -0.476 e. The van der Waals surface area contributed by atoms with Crippen molar-refractivity contribution in [3.8, 4) is 5.75 Å². The fraction of sp³-hybridized carbons (Fsp3) is 0.500. The van der Waals surface area contributed by atoms with E-state index in [0.29, 0.717) is 22.7 Å². The zero-order chi connectivity index (χ0) is 12.8. The Kier molecular flexibility index (Phi) is 2.79. The molecular weight excluding hydrogens is 298 g/mol. The van der Waals surface area contributed by atoms with Gasteiger partial charge in [-0.1, -0.05) is 6.42 Å². The van der Waals surface area contributed by atoms with Gasteiger partial charge in [0.1, 0.15) is 4.60 Å². The van der Waals surface area contributed by atoms with Crippen molar-refractivity contribution < 1.29 is 9.53 Å². The molecule has 1 aliphatic carbocycles. The standard InChI is InChI=1S/C12H14BrN3O2/c13-8-3-2-7-10(15-8)16-11(17)9(18-7)12(6-14)4-1-5-12/h2-3,9H,1,4-6,14H2,(H,15,16,17). The van der Waals surface area contributed by atoms with Crippen LogP contribution in [0.5, 0.6) is 5.75 Å². The lowest BCUT2D eigenvalue weighted by Crippen LogP contribution is -2.56. The van der Waals surface area contributed by atoms with Crippen molar-refractivity contribution in [3.05, 3.63) is 16.7 Å². The number of carbonyl (C=O) groups is 1. The summed E-state index contributed by atoms with van der Waals surface area (Å²) in [5.74, 6) is 0.942. The molecule has 1 fully saturated rings. The molecule has 0 bridgehead atoms. The van der Waals surface area contributed by atoms with Gasteiger partial charge in [0.25, 0.3) is 5.91 Å². The van der Waals surface area contributed by atoms with Crippen molar-refractivity contribution in [1.29, 1.82) is 0 Å². The number of halogens is 1. The first-order valence-corrected chi connectivity index (χ1v) is 6.78. The van der Waals surface area contributed by atoms with E-state index in [1.165, 1.54) is 0 Å².